The van der Waals surface area contributed by atoms with Crippen LogP contribution in [0.25, 0.3) is 0 Å². The van der Waals surface area contributed by atoms with Gasteiger partial charge in [-0.15, -0.1) is 0 Å². The third kappa shape index (κ3) is 3.44. The van der Waals surface area contributed by atoms with Crippen molar-refractivity contribution in [1.29, 1.82) is 0 Å². The van der Waals surface area contributed by atoms with Crippen molar-refractivity contribution in [3.8, 4) is 0 Å². The molecule has 3 nitrogen and oxygen atoms in total. The summed E-state index contributed by atoms with van der Waals surface area (Å²) in [7, 11) is 0. The molecule has 0 unspecified atom stereocenters. The molecule has 1 saturated heterocycles. The lowest BCUT2D eigenvalue weighted by Crippen LogP contribution is -2.48. The Balaban J connectivity index is 1.70. The van der Waals surface area contributed by atoms with Crippen LogP contribution < -0.4 is 5.32 Å². The summed E-state index contributed by atoms with van der Waals surface area (Å²) in [5.74, 6) is 0. The van der Waals surface area contributed by atoms with Gasteiger partial charge in [-0.25, -0.2) is 0 Å². The zero-order valence-corrected chi connectivity index (χ0v) is 9.50. The highest BCUT2D eigenvalue weighted by atomic mass is 16.5. The van der Waals surface area contributed by atoms with Crippen LogP contribution >= 0.6 is 0 Å². The molecule has 0 aromatic heterocycles. The minimum atomic E-state index is -0.504. The zero-order chi connectivity index (χ0) is 10.6. The molecule has 0 radical (unpaired) electrons. The summed E-state index contributed by atoms with van der Waals surface area (Å²) >= 11 is 0. The van der Waals surface area contributed by atoms with Crippen molar-refractivity contribution in [2.75, 3.05) is 19.8 Å². The summed E-state index contributed by atoms with van der Waals surface area (Å²) in [6, 6.07) is 0.644. The molecule has 3 heteroatoms. The first-order valence-electron chi connectivity index (χ1n) is 6.32. The highest BCUT2D eigenvalue weighted by molar-refractivity contribution is 4.85. The SMILES string of the molecule is OC1(CNC2CCCCC2)CCOCC1. The topological polar surface area (TPSA) is 41.5 Å². The Bertz CT molecular complexity index is 184. The van der Waals surface area contributed by atoms with E-state index in [1.54, 1.807) is 0 Å². The maximum absolute atomic E-state index is 10.3. The van der Waals surface area contributed by atoms with Gasteiger partial charge in [0.05, 0.1) is 5.60 Å². The number of aliphatic hydroxyl groups is 1. The molecule has 0 bridgehead atoms. The monoisotopic (exact) mass is 213 g/mol. The smallest absolute Gasteiger partial charge is 0.0815 e. The van der Waals surface area contributed by atoms with E-state index in [4.69, 9.17) is 4.74 Å². The Morgan fingerprint density at radius 2 is 1.80 bits per heavy atom. The fourth-order valence-corrected chi connectivity index (χ4v) is 2.57. The van der Waals surface area contributed by atoms with E-state index in [9.17, 15) is 5.11 Å². The molecule has 2 N–H and O–H groups in total. The van der Waals surface area contributed by atoms with Crippen LogP contribution in [-0.2, 0) is 4.74 Å². The summed E-state index contributed by atoms with van der Waals surface area (Å²) in [4.78, 5) is 0. The Morgan fingerprint density at radius 1 is 1.13 bits per heavy atom. The van der Waals surface area contributed by atoms with E-state index in [-0.39, 0.29) is 0 Å². The van der Waals surface area contributed by atoms with Gasteiger partial charge in [0.15, 0.2) is 0 Å². The van der Waals surface area contributed by atoms with Crippen LogP contribution in [0.1, 0.15) is 44.9 Å². The average Bonchev–Trinajstić information content (AvgIpc) is 2.29. The first-order valence-corrected chi connectivity index (χ1v) is 6.32. The van der Waals surface area contributed by atoms with Crippen LogP contribution in [0.2, 0.25) is 0 Å². The van der Waals surface area contributed by atoms with Gasteiger partial charge in [0, 0.05) is 38.6 Å². The molecular formula is C12H23NO2. The predicted octanol–water partition coefficient (Wildman–Crippen LogP) is 1.45. The van der Waals surface area contributed by atoms with E-state index >= 15 is 0 Å². The second-order valence-electron chi connectivity index (χ2n) is 5.05. The second kappa shape index (κ2) is 5.28. The molecule has 2 fully saturated rings. The lowest BCUT2D eigenvalue weighted by Gasteiger charge is -2.34. The van der Waals surface area contributed by atoms with Crippen molar-refractivity contribution >= 4 is 0 Å². The normalized spacial score (nSPS) is 27.8. The summed E-state index contributed by atoms with van der Waals surface area (Å²) in [6.45, 7) is 2.17. The van der Waals surface area contributed by atoms with Crippen molar-refractivity contribution in [2.45, 2.75) is 56.6 Å². The first-order chi connectivity index (χ1) is 7.29. The zero-order valence-electron chi connectivity index (χ0n) is 9.50. The predicted molar refractivity (Wildman–Crippen MR) is 59.9 cm³/mol. The van der Waals surface area contributed by atoms with E-state index < -0.39 is 5.60 Å². The van der Waals surface area contributed by atoms with Crippen LogP contribution in [0.5, 0.6) is 0 Å². The maximum atomic E-state index is 10.3. The van der Waals surface area contributed by atoms with Crippen LogP contribution in [0.4, 0.5) is 0 Å². The van der Waals surface area contributed by atoms with Crippen LogP contribution in [-0.4, -0.2) is 36.5 Å². The molecule has 1 saturated carbocycles. The molecule has 2 rings (SSSR count). The molecule has 0 atom stereocenters. The number of hydrogen-bond acceptors (Lipinski definition) is 3. The van der Waals surface area contributed by atoms with Crippen LogP contribution in [0.3, 0.4) is 0 Å². The van der Waals surface area contributed by atoms with Gasteiger partial charge < -0.3 is 15.2 Å². The minimum Gasteiger partial charge on any atom is -0.388 e. The molecule has 0 aromatic rings. The van der Waals surface area contributed by atoms with Gasteiger partial charge in [0.2, 0.25) is 0 Å². The van der Waals surface area contributed by atoms with E-state index in [0.717, 1.165) is 19.4 Å². The van der Waals surface area contributed by atoms with Gasteiger partial charge in [-0.1, -0.05) is 19.3 Å². The minimum absolute atomic E-state index is 0.504. The molecule has 88 valence electrons. The fraction of sp³-hybridized carbons (Fsp3) is 1.00. The van der Waals surface area contributed by atoms with Crippen molar-refractivity contribution in [2.24, 2.45) is 0 Å². The summed E-state index contributed by atoms with van der Waals surface area (Å²) in [6.07, 6.45) is 8.22. The lowest BCUT2D eigenvalue weighted by molar-refractivity contribution is -0.0631. The van der Waals surface area contributed by atoms with E-state index in [2.05, 4.69) is 5.32 Å². The molecule has 0 amide bonds. The van der Waals surface area contributed by atoms with Crippen molar-refractivity contribution in [3.63, 3.8) is 0 Å². The Kier molecular flexibility index (Phi) is 4.00. The Hall–Kier alpha value is -0.120. The lowest BCUT2D eigenvalue weighted by atomic mass is 9.91. The summed E-state index contributed by atoms with van der Waals surface area (Å²) in [5, 5.41) is 13.8. The molecule has 1 aliphatic carbocycles. The number of ether oxygens (including phenoxy) is 1. The third-order valence-electron chi connectivity index (χ3n) is 3.75. The van der Waals surface area contributed by atoms with Gasteiger partial charge in [0.25, 0.3) is 0 Å². The molecule has 0 spiro atoms. The van der Waals surface area contributed by atoms with Crippen molar-refractivity contribution < 1.29 is 9.84 Å². The first kappa shape index (κ1) is 11.4. The van der Waals surface area contributed by atoms with Crippen molar-refractivity contribution in [1.82, 2.24) is 5.32 Å². The molecule has 15 heavy (non-hydrogen) atoms. The number of rotatable bonds is 3. The molecule has 2 aliphatic rings. The molecule has 1 aliphatic heterocycles. The van der Waals surface area contributed by atoms with Gasteiger partial charge in [-0.3, -0.25) is 0 Å². The van der Waals surface area contributed by atoms with Crippen LogP contribution in [0.15, 0.2) is 0 Å². The maximum Gasteiger partial charge on any atom is 0.0815 e. The van der Waals surface area contributed by atoms with E-state index in [1.807, 2.05) is 0 Å². The van der Waals surface area contributed by atoms with Gasteiger partial charge >= 0.3 is 0 Å². The van der Waals surface area contributed by atoms with Gasteiger partial charge in [-0.2, -0.15) is 0 Å². The highest BCUT2D eigenvalue weighted by Crippen LogP contribution is 2.22. The van der Waals surface area contributed by atoms with Crippen molar-refractivity contribution in [3.05, 3.63) is 0 Å². The highest BCUT2D eigenvalue weighted by Gasteiger charge is 2.30. The standard InChI is InChI=1S/C12H23NO2/c14-12(6-8-15-9-7-12)10-13-11-4-2-1-3-5-11/h11,13-14H,1-10H2. The summed E-state index contributed by atoms with van der Waals surface area (Å²) in [5.41, 5.74) is -0.504. The van der Waals surface area contributed by atoms with E-state index in [1.165, 1.54) is 32.1 Å². The van der Waals surface area contributed by atoms with Crippen LogP contribution in [0, 0.1) is 0 Å². The average molecular weight is 213 g/mol. The molecule has 1 heterocycles. The Labute approximate surface area is 92.2 Å². The number of hydrogen-bond donors (Lipinski definition) is 2. The van der Waals surface area contributed by atoms with Gasteiger partial charge in [0.1, 0.15) is 0 Å². The fourth-order valence-electron chi connectivity index (χ4n) is 2.57. The van der Waals surface area contributed by atoms with E-state index in [0.29, 0.717) is 19.3 Å². The Morgan fingerprint density at radius 3 is 2.47 bits per heavy atom. The molecule has 0 aromatic carbocycles. The van der Waals surface area contributed by atoms with Gasteiger partial charge in [-0.05, 0) is 12.8 Å². The summed E-state index contributed by atoms with van der Waals surface area (Å²) < 4.78 is 5.27. The second-order valence-corrected chi connectivity index (χ2v) is 5.05. The number of nitrogens with one attached hydrogen (secondary N) is 1. The quantitative estimate of drug-likeness (QED) is 0.745. The third-order valence-corrected chi connectivity index (χ3v) is 3.75. The molecular weight excluding hydrogens is 190 g/mol. The largest absolute Gasteiger partial charge is 0.388 e.